The van der Waals surface area contributed by atoms with E-state index in [-0.39, 0.29) is 19.1 Å². The zero-order valence-corrected chi connectivity index (χ0v) is 19.6. The number of nitrogens with zero attached hydrogens (tertiary/aromatic N) is 2. The Hall–Kier alpha value is -3.68. The lowest BCUT2D eigenvalue weighted by Gasteiger charge is -2.27. The van der Waals surface area contributed by atoms with Crippen LogP contribution < -0.4 is 10.1 Å². The molecule has 5 rings (SSSR count). The Morgan fingerprint density at radius 2 is 1.53 bits per heavy atom. The first-order valence-corrected chi connectivity index (χ1v) is 11.9. The molecule has 170 valence electrons. The number of thiazole rings is 1. The van der Waals surface area contributed by atoms with E-state index < -0.39 is 11.6 Å². The van der Waals surface area contributed by atoms with Crippen LogP contribution in [0.15, 0.2) is 90.3 Å². The molecule has 1 aliphatic heterocycles. The fourth-order valence-electron chi connectivity index (χ4n) is 3.98. The normalized spacial score (nSPS) is 14.8. The van der Waals surface area contributed by atoms with Crippen LogP contribution in [-0.2, 0) is 23.5 Å². The van der Waals surface area contributed by atoms with E-state index in [0.717, 1.165) is 5.01 Å². The maximum Gasteiger partial charge on any atom is 0.325 e. The molecule has 0 atom stereocenters. The van der Waals surface area contributed by atoms with Crippen LogP contribution in [0.4, 0.5) is 4.79 Å². The largest absolute Gasteiger partial charge is 0.486 e. The van der Waals surface area contributed by atoms with Crippen LogP contribution in [0.3, 0.4) is 0 Å². The van der Waals surface area contributed by atoms with Crippen molar-refractivity contribution in [2.75, 3.05) is 0 Å². The average Bonchev–Trinajstić information content (AvgIpc) is 3.43. The van der Waals surface area contributed by atoms with Crippen LogP contribution in [0.1, 0.15) is 21.8 Å². The lowest BCUT2D eigenvalue weighted by molar-refractivity contribution is -0.130. The van der Waals surface area contributed by atoms with Crippen LogP contribution >= 0.6 is 22.9 Å². The third-order valence-electron chi connectivity index (χ3n) is 5.61. The first kappa shape index (κ1) is 22.1. The number of aromatic nitrogens is 1. The highest BCUT2D eigenvalue weighted by Crippen LogP contribution is 2.36. The van der Waals surface area contributed by atoms with Gasteiger partial charge in [-0.2, -0.15) is 0 Å². The zero-order chi connectivity index (χ0) is 23.5. The lowest BCUT2D eigenvalue weighted by Crippen LogP contribution is -2.45. The molecule has 1 N–H and O–H groups in total. The molecule has 1 aromatic heterocycles. The summed E-state index contributed by atoms with van der Waals surface area (Å²) in [5.74, 6) is 0.354. The van der Waals surface area contributed by atoms with Crippen molar-refractivity contribution in [1.82, 2.24) is 15.2 Å². The molecule has 0 saturated carbocycles. The molecule has 3 amide bonds. The lowest BCUT2D eigenvalue weighted by atomic mass is 9.82. The van der Waals surface area contributed by atoms with Crippen molar-refractivity contribution in [3.8, 4) is 5.75 Å². The van der Waals surface area contributed by atoms with E-state index >= 15 is 0 Å². The van der Waals surface area contributed by atoms with Crippen molar-refractivity contribution in [2.45, 2.75) is 18.7 Å². The molecule has 1 aliphatic rings. The van der Waals surface area contributed by atoms with Crippen LogP contribution in [-0.4, -0.2) is 21.8 Å². The fourth-order valence-corrected chi connectivity index (χ4v) is 4.80. The molecule has 0 bridgehead atoms. The van der Waals surface area contributed by atoms with Gasteiger partial charge in [-0.15, -0.1) is 11.3 Å². The first-order valence-electron chi connectivity index (χ1n) is 10.6. The molecule has 8 heteroatoms. The van der Waals surface area contributed by atoms with Gasteiger partial charge in [0.05, 0.1) is 12.2 Å². The number of halogens is 1. The molecule has 0 unspecified atom stereocenters. The Morgan fingerprint density at radius 3 is 2.15 bits per heavy atom. The maximum absolute atomic E-state index is 13.8. The highest BCUT2D eigenvalue weighted by molar-refractivity contribution is 7.09. The molecular weight excluding hydrogens is 470 g/mol. The van der Waals surface area contributed by atoms with Crippen LogP contribution in [0.5, 0.6) is 5.75 Å². The summed E-state index contributed by atoms with van der Waals surface area (Å²) >= 11 is 7.32. The number of carbonyl (C=O) groups excluding carboxylic acids is 2. The second-order valence-electron chi connectivity index (χ2n) is 7.78. The summed E-state index contributed by atoms with van der Waals surface area (Å²) in [5, 5.41) is 6.18. The number of rotatable bonds is 7. The van der Waals surface area contributed by atoms with E-state index in [2.05, 4.69) is 10.3 Å². The number of nitrogens with one attached hydrogen (secondary N) is 1. The first-order chi connectivity index (χ1) is 16.6. The topological polar surface area (TPSA) is 71.5 Å². The zero-order valence-electron chi connectivity index (χ0n) is 18.0. The molecule has 1 saturated heterocycles. The summed E-state index contributed by atoms with van der Waals surface area (Å²) in [6.07, 6.45) is 0. The van der Waals surface area contributed by atoms with E-state index in [1.54, 1.807) is 24.3 Å². The van der Waals surface area contributed by atoms with Crippen LogP contribution in [0.25, 0.3) is 0 Å². The van der Waals surface area contributed by atoms with E-state index in [0.29, 0.717) is 27.6 Å². The van der Waals surface area contributed by atoms with Gasteiger partial charge in [-0.25, -0.2) is 9.78 Å². The standard InChI is InChI=1S/C26H20ClN3O3S/c27-20-11-13-22(14-12-20)33-16-23-28-21(17-34-23)15-30-24(31)26(29-25(30)32,18-7-3-1-4-8-18)19-9-5-2-6-10-19/h1-14,17H,15-16H2,(H,29,32). The summed E-state index contributed by atoms with van der Waals surface area (Å²) in [6.45, 7) is 0.355. The quantitative estimate of drug-likeness (QED) is 0.354. The molecule has 0 spiro atoms. The van der Waals surface area contributed by atoms with Crippen molar-refractivity contribution >= 4 is 34.9 Å². The smallest absolute Gasteiger partial charge is 0.325 e. The van der Waals surface area contributed by atoms with Gasteiger partial charge in [0.25, 0.3) is 5.91 Å². The fraction of sp³-hybridized carbons (Fsp3) is 0.115. The number of hydrogen-bond acceptors (Lipinski definition) is 5. The molecule has 1 fully saturated rings. The van der Waals surface area contributed by atoms with Gasteiger partial charge in [-0.05, 0) is 35.4 Å². The van der Waals surface area contributed by atoms with Crippen molar-refractivity contribution in [3.63, 3.8) is 0 Å². The van der Waals surface area contributed by atoms with E-state index in [1.165, 1.54) is 16.2 Å². The van der Waals surface area contributed by atoms with E-state index in [9.17, 15) is 9.59 Å². The van der Waals surface area contributed by atoms with Gasteiger partial charge < -0.3 is 10.1 Å². The number of benzene rings is 3. The molecule has 4 aromatic rings. The molecule has 0 aliphatic carbocycles. The van der Waals surface area contributed by atoms with Crippen molar-refractivity contribution in [1.29, 1.82) is 0 Å². The Morgan fingerprint density at radius 1 is 0.912 bits per heavy atom. The maximum atomic E-state index is 13.8. The summed E-state index contributed by atoms with van der Waals surface area (Å²) in [4.78, 5) is 32.6. The van der Waals surface area contributed by atoms with Gasteiger partial charge in [0, 0.05) is 10.4 Å². The second-order valence-corrected chi connectivity index (χ2v) is 9.16. The van der Waals surface area contributed by atoms with Gasteiger partial charge in [-0.3, -0.25) is 9.69 Å². The minimum Gasteiger partial charge on any atom is -0.486 e. The molecule has 6 nitrogen and oxygen atoms in total. The molecule has 3 aromatic carbocycles. The SMILES string of the molecule is O=C1NC(c2ccccc2)(c2ccccc2)C(=O)N1Cc1csc(COc2ccc(Cl)cc2)n1. The van der Waals surface area contributed by atoms with Gasteiger partial charge in [0.1, 0.15) is 17.4 Å². The molecule has 0 radical (unpaired) electrons. The van der Waals surface area contributed by atoms with Crippen molar-refractivity contribution < 1.29 is 14.3 Å². The van der Waals surface area contributed by atoms with Gasteiger partial charge in [-0.1, -0.05) is 72.3 Å². The number of carbonyl (C=O) groups is 2. The summed E-state index contributed by atoms with van der Waals surface area (Å²) in [7, 11) is 0. The molecular formula is C26H20ClN3O3S. The summed E-state index contributed by atoms with van der Waals surface area (Å²) < 4.78 is 5.75. The third-order valence-corrected chi connectivity index (χ3v) is 6.74. The highest BCUT2D eigenvalue weighted by atomic mass is 35.5. The van der Waals surface area contributed by atoms with E-state index in [1.807, 2.05) is 66.0 Å². The second kappa shape index (κ2) is 9.29. The number of hydrogen-bond donors (Lipinski definition) is 1. The number of amides is 3. The Labute approximate surface area is 205 Å². The van der Waals surface area contributed by atoms with Crippen LogP contribution in [0, 0.1) is 0 Å². The monoisotopic (exact) mass is 489 g/mol. The van der Waals surface area contributed by atoms with Crippen LogP contribution in [0.2, 0.25) is 5.02 Å². The minimum atomic E-state index is -1.28. The van der Waals surface area contributed by atoms with Gasteiger partial charge in [0.2, 0.25) is 0 Å². The average molecular weight is 490 g/mol. The Balaban J connectivity index is 1.37. The predicted molar refractivity (Wildman–Crippen MR) is 131 cm³/mol. The molecule has 34 heavy (non-hydrogen) atoms. The predicted octanol–water partition coefficient (Wildman–Crippen LogP) is 5.37. The Kier molecular flexibility index (Phi) is 6.04. The van der Waals surface area contributed by atoms with Crippen molar-refractivity contribution in [3.05, 3.63) is 117 Å². The summed E-state index contributed by atoms with van der Waals surface area (Å²) in [5.41, 5.74) is 0.755. The van der Waals surface area contributed by atoms with Gasteiger partial charge in [0.15, 0.2) is 5.54 Å². The number of urea groups is 1. The third kappa shape index (κ3) is 4.16. The Bertz CT molecular complexity index is 1270. The summed E-state index contributed by atoms with van der Waals surface area (Å²) in [6, 6.07) is 25.2. The van der Waals surface area contributed by atoms with E-state index in [4.69, 9.17) is 16.3 Å². The van der Waals surface area contributed by atoms with Crippen molar-refractivity contribution in [2.24, 2.45) is 0 Å². The number of imide groups is 1. The van der Waals surface area contributed by atoms with Gasteiger partial charge >= 0.3 is 6.03 Å². The highest BCUT2D eigenvalue weighted by Gasteiger charge is 2.53. The molecule has 2 heterocycles. The minimum absolute atomic E-state index is 0.0729. The number of ether oxygens (including phenoxy) is 1.